The number of hydrogen-bond donors (Lipinski definition) is 2. The average molecular weight is 451 g/mol. The second-order valence-electron chi connectivity index (χ2n) is 7.48. The number of piperazine rings is 1. The van der Waals surface area contributed by atoms with Gasteiger partial charge in [-0.05, 0) is 37.1 Å². The van der Waals surface area contributed by atoms with Crippen molar-refractivity contribution in [3.05, 3.63) is 46.8 Å². The van der Waals surface area contributed by atoms with Gasteiger partial charge in [-0.3, -0.25) is 5.41 Å². The van der Waals surface area contributed by atoms with Gasteiger partial charge in [0, 0.05) is 23.8 Å². The predicted octanol–water partition coefficient (Wildman–Crippen LogP) is 3.21. The van der Waals surface area contributed by atoms with Gasteiger partial charge in [0.2, 0.25) is 5.96 Å². The molecule has 2 atom stereocenters. The summed E-state index contributed by atoms with van der Waals surface area (Å²) in [6, 6.07) is 7.91. The molecule has 2 unspecified atom stereocenters. The zero-order valence-electron chi connectivity index (χ0n) is 15.8. The highest BCUT2D eigenvalue weighted by Gasteiger charge is 2.46. The minimum absolute atomic E-state index is 0.180. The van der Waals surface area contributed by atoms with Gasteiger partial charge in [-0.25, -0.2) is 14.9 Å². The molecule has 2 aliphatic rings. The Morgan fingerprint density at radius 2 is 2.21 bits per heavy atom. The Morgan fingerprint density at radius 1 is 1.34 bits per heavy atom. The molecule has 1 aromatic carbocycles. The Hall–Kier alpha value is -3.12. The van der Waals surface area contributed by atoms with Gasteiger partial charge in [-0.1, -0.05) is 22.0 Å². The van der Waals surface area contributed by atoms with Crippen molar-refractivity contribution in [3.8, 4) is 6.19 Å². The summed E-state index contributed by atoms with van der Waals surface area (Å²) in [6.07, 6.45) is 6.68. The Labute approximate surface area is 176 Å². The number of nitrogens with one attached hydrogen (secondary N) is 2. The van der Waals surface area contributed by atoms with Crippen LogP contribution in [0.25, 0.3) is 11.0 Å². The molecular weight excluding hydrogens is 432 g/mol. The van der Waals surface area contributed by atoms with E-state index in [0.717, 1.165) is 39.9 Å². The van der Waals surface area contributed by atoms with Crippen LogP contribution in [0.4, 0.5) is 11.5 Å². The molecule has 0 saturated carbocycles. The second-order valence-corrected chi connectivity index (χ2v) is 8.40. The summed E-state index contributed by atoms with van der Waals surface area (Å²) in [5.41, 5.74) is 2.67. The molecule has 3 aromatic rings. The smallest absolute Gasteiger partial charge is 0.212 e. The Bertz CT molecular complexity index is 1150. The molecule has 0 spiro atoms. The first-order chi connectivity index (χ1) is 14.1. The monoisotopic (exact) mass is 450 g/mol. The van der Waals surface area contributed by atoms with E-state index in [2.05, 4.69) is 48.9 Å². The van der Waals surface area contributed by atoms with Crippen LogP contribution in [0.3, 0.4) is 0 Å². The van der Waals surface area contributed by atoms with Crippen LogP contribution in [0.15, 0.2) is 41.3 Å². The lowest BCUT2D eigenvalue weighted by Gasteiger charge is -2.37. The van der Waals surface area contributed by atoms with Gasteiger partial charge in [-0.2, -0.15) is 5.26 Å². The quantitative estimate of drug-likeness (QED) is 0.269. The fourth-order valence-corrected chi connectivity index (χ4v) is 4.86. The van der Waals surface area contributed by atoms with Gasteiger partial charge >= 0.3 is 0 Å². The van der Waals surface area contributed by atoms with E-state index in [4.69, 9.17) is 5.41 Å². The highest BCUT2D eigenvalue weighted by Crippen LogP contribution is 2.37. The van der Waals surface area contributed by atoms with E-state index in [1.54, 1.807) is 6.33 Å². The molecule has 0 amide bonds. The number of guanidine groups is 1. The number of hydrogen-bond acceptors (Lipinski definition) is 5. The van der Waals surface area contributed by atoms with Crippen LogP contribution in [0, 0.1) is 23.8 Å². The maximum atomic E-state index is 9.69. The van der Waals surface area contributed by atoms with Gasteiger partial charge in [0.15, 0.2) is 6.19 Å². The lowest BCUT2D eigenvalue weighted by molar-refractivity contribution is 0.359. The van der Waals surface area contributed by atoms with Crippen molar-refractivity contribution < 1.29 is 0 Å². The van der Waals surface area contributed by atoms with E-state index < -0.39 is 0 Å². The molecule has 2 bridgehead atoms. The molecule has 146 valence electrons. The van der Waals surface area contributed by atoms with E-state index in [1.807, 2.05) is 35.4 Å². The molecule has 29 heavy (non-hydrogen) atoms. The van der Waals surface area contributed by atoms with Crippen molar-refractivity contribution in [3.63, 3.8) is 0 Å². The molecule has 5 rings (SSSR count). The number of nitriles is 1. The SMILES string of the molecule is Cc1c[nH]c2ncnc(N3CC4CC3CN4C(=N)N(C#N)c3cccc(Br)c3)c12. The molecule has 2 fully saturated rings. The molecule has 8 nitrogen and oxygen atoms in total. The van der Waals surface area contributed by atoms with Crippen LogP contribution in [-0.2, 0) is 0 Å². The molecule has 0 aliphatic carbocycles. The van der Waals surface area contributed by atoms with E-state index >= 15 is 0 Å². The van der Waals surface area contributed by atoms with Crippen LogP contribution < -0.4 is 9.80 Å². The van der Waals surface area contributed by atoms with E-state index in [1.165, 1.54) is 4.90 Å². The van der Waals surface area contributed by atoms with Gasteiger partial charge < -0.3 is 14.8 Å². The summed E-state index contributed by atoms with van der Waals surface area (Å²) in [5.74, 6) is 1.18. The average Bonchev–Trinajstić information content (AvgIpc) is 3.43. The van der Waals surface area contributed by atoms with Gasteiger partial charge in [-0.15, -0.1) is 0 Å². The van der Waals surface area contributed by atoms with Crippen LogP contribution >= 0.6 is 15.9 Å². The van der Waals surface area contributed by atoms with Crippen molar-refractivity contribution in [2.75, 3.05) is 22.9 Å². The third-order valence-electron chi connectivity index (χ3n) is 5.81. The van der Waals surface area contributed by atoms with E-state index in [9.17, 15) is 5.26 Å². The summed E-state index contributed by atoms with van der Waals surface area (Å²) in [7, 11) is 0. The number of likely N-dealkylation sites (tertiary alicyclic amines) is 1. The van der Waals surface area contributed by atoms with Crippen molar-refractivity contribution >= 4 is 44.4 Å². The van der Waals surface area contributed by atoms with Gasteiger partial charge in [0.1, 0.15) is 17.8 Å². The fourth-order valence-electron chi connectivity index (χ4n) is 4.47. The number of nitrogens with zero attached hydrogens (tertiary/aromatic N) is 6. The normalized spacial score (nSPS) is 20.3. The summed E-state index contributed by atoms with van der Waals surface area (Å²) in [5, 5.41) is 19.4. The fraction of sp³-hybridized carbons (Fsp3) is 0.300. The molecule has 2 aromatic heterocycles. The topological polar surface area (TPSA) is 98.9 Å². The summed E-state index contributed by atoms with van der Waals surface area (Å²) in [4.78, 5) is 17.9. The zero-order chi connectivity index (χ0) is 20.1. The lowest BCUT2D eigenvalue weighted by Crippen LogP contribution is -2.52. The van der Waals surface area contributed by atoms with Gasteiger partial charge in [0.05, 0.1) is 23.2 Å². The molecule has 2 N–H and O–H groups in total. The Balaban J connectivity index is 1.39. The Morgan fingerprint density at radius 3 is 2.93 bits per heavy atom. The highest BCUT2D eigenvalue weighted by molar-refractivity contribution is 9.10. The summed E-state index contributed by atoms with van der Waals surface area (Å²) >= 11 is 3.44. The van der Waals surface area contributed by atoms with Crippen LogP contribution in [0.1, 0.15) is 12.0 Å². The molecule has 2 aliphatic heterocycles. The molecule has 4 heterocycles. The van der Waals surface area contributed by atoms with Crippen molar-refractivity contribution in [1.82, 2.24) is 19.9 Å². The second kappa shape index (κ2) is 6.74. The summed E-state index contributed by atoms with van der Waals surface area (Å²) in [6.45, 7) is 3.54. The number of H-pyrrole nitrogens is 1. The predicted molar refractivity (Wildman–Crippen MR) is 115 cm³/mol. The largest absolute Gasteiger partial charge is 0.349 e. The van der Waals surface area contributed by atoms with Gasteiger partial charge in [0.25, 0.3) is 0 Å². The number of halogens is 1. The van der Waals surface area contributed by atoms with Crippen molar-refractivity contribution in [2.24, 2.45) is 0 Å². The number of fused-ring (bicyclic) bond motifs is 3. The maximum Gasteiger partial charge on any atom is 0.212 e. The van der Waals surface area contributed by atoms with Crippen LogP contribution in [-0.4, -0.2) is 51.0 Å². The number of aromatic nitrogens is 3. The van der Waals surface area contributed by atoms with Crippen LogP contribution in [0.2, 0.25) is 0 Å². The number of anilines is 2. The third kappa shape index (κ3) is 2.83. The van der Waals surface area contributed by atoms with Crippen molar-refractivity contribution in [1.29, 1.82) is 10.7 Å². The minimum atomic E-state index is 0.180. The number of aryl methyl sites for hydroxylation is 1. The first-order valence-corrected chi connectivity index (χ1v) is 10.2. The summed E-state index contributed by atoms with van der Waals surface area (Å²) < 4.78 is 0.881. The molecule has 9 heteroatoms. The molecule has 0 radical (unpaired) electrons. The lowest BCUT2D eigenvalue weighted by atomic mass is 10.2. The maximum absolute atomic E-state index is 9.69. The number of aromatic amines is 1. The zero-order valence-corrected chi connectivity index (χ0v) is 17.4. The number of benzene rings is 1. The number of rotatable bonds is 2. The minimum Gasteiger partial charge on any atom is -0.349 e. The first-order valence-electron chi connectivity index (χ1n) is 9.42. The van der Waals surface area contributed by atoms with E-state index in [-0.39, 0.29) is 18.0 Å². The van der Waals surface area contributed by atoms with Crippen LogP contribution in [0.5, 0.6) is 0 Å². The molecular formula is C20H19BrN8. The third-order valence-corrected chi connectivity index (χ3v) is 6.30. The highest BCUT2D eigenvalue weighted by atomic mass is 79.9. The standard InChI is InChI=1S/C20H19BrN8/c1-12-7-24-18-17(12)19(26-11-25-18)27-8-16-6-15(27)9-28(16)20(23)29(10-22)14-4-2-3-13(21)5-14/h2-5,7,11,15-16,23H,6,8-9H2,1H3,(H,24,25,26). The first kappa shape index (κ1) is 17.9. The molecule has 2 saturated heterocycles. The van der Waals surface area contributed by atoms with Crippen molar-refractivity contribution in [2.45, 2.75) is 25.4 Å². The van der Waals surface area contributed by atoms with E-state index in [0.29, 0.717) is 12.2 Å². The Kier molecular flexibility index (Phi) is 4.17.